The van der Waals surface area contributed by atoms with Gasteiger partial charge in [0.2, 0.25) is 0 Å². The van der Waals surface area contributed by atoms with E-state index in [9.17, 15) is 4.79 Å². The Morgan fingerprint density at radius 2 is 2.17 bits per heavy atom. The lowest BCUT2D eigenvalue weighted by Crippen LogP contribution is -2.31. The summed E-state index contributed by atoms with van der Waals surface area (Å²) in [7, 11) is 0. The van der Waals surface area contributed by atoms with Gasteiger partial charge >= 0.3 is 6.09 Å². The number of aryl methyl sites for hydroxylation is 1. The highest BCUT2D eigenvalue weighted by atomic mass is 16.6. The zero-order valence-corrected chi connectivity index (χ0v) is 13.2. The van der Waals surface area contributed by atoms with Crippen molar-refractivity contribution in [2.24, 2.45) is 0 Å². The van der Waals surface area contributed by atoms with Crippen LogP contribution in [-0.4, -0.2) is 22.5 Å². The first-order chi connectivity index (χ1) is 11.1. The standard InChI is InChI=1S/C18H21N3O2/c1-13-10-15(11-20-17(13)19)16-8-5-9-21(16)18(22)23-12-14-6-3-2-4-7-14/h2-4,6-7,10-11,16H,5,8-9,12H2,1H3,(H2,19,20). The Morgan fingerprint density at radius 1 is 1.39 bits per heavy atom. The lowest BCUT2D eigenvalue weighted by Gasteiger charge is -2.24. The maximum atomic E-state index is 12.4. The molecule has 1 saturated heterocycles. The summed E-state index contributed by atoms with van der Waals surface area (Å²) in [6.07, 6.45) is 3.38. The van der Waals surface area contributed by atoms with Crippen LogP contribution < -0.4 is 5.73 Å². The quantitative estimate of drug-likeness (QED) is 0.942. The first kappa shape index (κ1) is 15.3. The van der Waals surface area contributed by atoms with Crippen LogP contribution in [-0.2, 0) is 11.3 Å². The molecule has 120 valence electrons. The third-order valence-corrected chi connectivity index (χ3v) is 4.22. The molecule has 0 bridgehead atoms. The van der Waals surface area contributed by atoms with Gasteiger partial charge in [-0.3, -0.25) is 0 Å². The molecule has 1 aromatic heterocycles. The number of amides is 1. The van der Waals surface area contributed by atoms with Crippen LogP contribution in [0.25, 0.3) is 0 Å². The molecule has 0 saturated carbocycles. The molecule has 1 amide bonds. The van der Waals surface area contributed by atoms with Gasteiger partial charge < -0.3 is 15.4 Å². The SMILES string of the molecule is Cc1cc(C2CCCN2C(=O)OCc2ccccc2)cnc1N. The van der Waals surface area contributed by atoms with E-state index >= 15 is 0 Å². The number of pyridine rings is 1. The molecule has 3 rings (SSSR count). The monoisotopic (exact) mass is 311 g/mol. The molecule has 0 aliphatic carbocycles. The fourth-order valence-electron chi connectivity index (χ4n) is 2.92. The molecule has 5 nitrogen and oxygen atoms in total. The van der Waals surface area contributed by atoms with Crippen LogP contribution >= 0.6 is 0 Å². The molecule has 1 atom stereocenters. The Hall–Kier alpha value is -2.56. The van der Waals surface area contributed by atoms with Crippen LogP contribution in [0.15, 0.2) is 42.6 Å². The Bertz CT molecular complexity index is 688. The number of nitrogens with two attached hydrogens (primary N) is 1. The number of benzene rings is 1. The van der Waals surface area contributed by atoms with E-state index in [4.69, 9.17) is 10.5 Å². The van der Waals surface area contributed by atoms with Crippen molar-refractivity contribution in [2.75, 3.05) is 12.3 Å². The number of hydrogen-bond donors (Lipinski definition) is 1. The highest BCUT2D eigenvalue weighted by Crippen LogP contribution is 2.33. The fraction of sp³-hybridized carbons (Fsp3) is 0.333. The summed E-state index contributed by atoms with van der Waals surface area (Å²) in [5.41, 5.74) is 8.72. The number of nitrogens with zero attached hydrogens (tertiary/aromatic N) is 2. The van der Waals surface area contributed by atoms with Crippen molar-refractivity contribution < 1.29 is 9.53 Å². The molecular weight excluding hydrogens is 290 g/mol. The first-order valence-electron chi connectivity index (χ1n) is 7.84. The second kappa shape index (κ2) is 6.69. The number of likely N-dealkylation sites (tertiary alicyclic amines) is 1. The molecule has 1 aliphatic heterocycles. The highest BCUT2D eigenvalue weighted by Gasteiger charge is 2.31. The molecule has 2 aromatic rings. The number of anilines is 1. The van der Waals surface area contributed by atoms with Crippen LogP contribution in [0.1, 0.15) is 35.6 Å². The predicted molar refractivity (Wildman–Crippen MR) is 88.7 cm³/mol. The maximum absolute atomic E-state index is 12.4. The number of carbonyl (C=O) groups is 1. The van der Waals surface area contributed by atoms with Crippen molar-refractivity contribution in [3.63, 3.8) is 0 Å². The molecule has 2 N–H and O–H groups in total. The molecule has 1 aliphatic rings. The molecule has 5 heteroatoms. The molecule has 0 radical (unpaired) electrons. The van der Waals surface area contributed by atoms with Gasteiger partial charge in [-0.05, 0) is 42.5 Å². The number of aromatic nitrogens is 1. The summed E-state index contributed by atoms with van der Waals surface area (Å²) < 4.78 is 5.46. The number of ether oxygens (including phenoxy) is 1. The lowest BCUT2D eigenvalue weighted by atomic mass is 10.1. The summed E-state index contributed by atoms with van der Waals surface area (Å²) in [6, 6.07) is 11.7. The Morgan fingerprint density at radius 3 is 2.91 bits per heavy atom. The van der Waals surface area contributed by atoms with Gasteiger partial charge in [0.1, 0.15) is 12.4 Å². The first-order valence-corrected chi connectivity index (χ1v) is 7.84. The van der Waals surface area contributed by atoms with E-state index in [1.54, 1.807) is 11.1 Å². The highest BCUT2D eigenvalue weighted by molar-refractivity contribution is 5.69. The molecular formula is C18H21N3O2. The second-order valence-electron chi connectivity index (χ2n) is 5.86. The van der Waals surface area contributed by atoms with Crippen molar-refractivity contribution in [3.8, 4) is 0 Å². The zero-order valence-electron chi connectivity index (χ0n) is 13.2. The molecule has 1 unspecified atom stereocenters. The average Bonchev–Trinajstić information content (AvgIpc) is 3.06. The Labute approximate surface area is 136 Å². The van der Waals surface area contributed by atoms with Gasteiger partial charge in [-0.25, -0.2) is 9.78 Å². The average molecular weight is 311 g/mol. The van der Waals surface area contributed by atoms with Crippen molar-refractivity contribution in [3.05, 3.63) is 59.3 Å². The van der Waals surface area contributed by atoms with Gasteiger partial charge in [-0.15, -0.1) is 0 Å². The van der Waals surface area contributed by atoms with E-state index in [2.05, 4.69) is 4.98 Å². The molecule has 23 heavy (non-hydrogen) atoms. The van der Waals surface area contributed by atoms with Crippen molar-refractivity contribution in [2.45, 2.75) is 32.4 Å². The summed E-state index contributed by atoms with van der Waals surface area (Å²) >= 11 is 0. The van der Waals surface area contributed by atoms with Gasteiger partial charge in [0.15, 0.2) is 0 Å². The third-order valence-electron chi connectivity index (χ3n) is 4.22. The molecule has 2 heterocycles. The van der Waals surface area contributed by atoms with Crippen LogP contribution in [0.3, 0.4) is 0 Å². The second-order valence-corrected chi connectivity index (χ2v) is 5.86. The van der Waals surface area contributed by atoms with E-state index in [-0.39, 0.29) is 12.1 Å². The van der Waals surface area contributed by atoms with Crippen LogP contribution in [0, 0.1) is 6.92 Å². The van der Waals surface area contributed by atoms with E-state index in [0.717, 1.165) is 29.5 Å². The predicted octanol–water partition coefficient (Wildman–Crippen LogP) is 3.45. The number of nitrogen functional groups attached to an aromatic ring is 1. The fourth-order valence-corrected chi connectivity index (χ4v) is 2.92. The van der Waals surface area contributed by atoms with Crippen LogP contribution in [0.2, 0.25) is 0 Å². The summed E-state index contributed by atoms with van der Waals surface area (Å²) in [4.78, 5) is 18.4. The van der Waals surface area contributed by atoms with Gasteiger partial charge in [-0.1, -0.05) is 30.3 Å². The molecule has 1 fully saturated rings. The lowest BCUT2D eigenvalue weighted by molar-refractivity contribution is 0.0920. The van der Waals surface area contributed by atoms with Crippen molar-refractivity contribution in [1.82, 2.24) is 9.88 Å². The summed E-state index contributed by atoms with van der Waals surface area (Å²) in [5.74, 6) is 0.532. The molecule has 1 aromatic carbocycles. The van der Waals surface area contributed by atoms with Gasteiger partial charge in [0, 0.05) is 12.7 Å². The maximum Gasteiger partial charge on any atom is 0.410 e. The van der Waals surface area contributed by atoms with Gasteiger partial charge in [-0.2, -0.15) is 0 Å². The number of hydrogen-bond acceptors (Lipinski definition) is 4. The van der Waals surface area contributed by atoms with E-state index < -0.39 is 0 Å². The largest absolute Gasteiger partial charge is 0.445 e. The van der Waals surface area contributed by atoms with Gasteiger partial charge in [0.05, 0.1) is 6.04 Å². The van der Waals surface area contributed by atoms with Crippen molar-refractivity contribution >= 4 is 11.9 Å². The Kier molecular flexibility index (Phi) is 4.46. The minimum atomic E-state index is -0.272. The summed E-state index contributed by atoms with van der Waals surface area (Å²) in [5, 5.41) is 0. The zero-order chi connectivity index (χ0) is 16.2. The van der Waals surface area contributed by atoms with Gasteiger partial charge in [0.25, 0.3) is 0 Å². The van der Waals surface area contributed by atoms with Crippen LogP contribution in [0.5, 0.6) is 0 Å². The summed E-state index contributed by atoms with van der Waals surface area (Å²) in [6.45, 7) is 2.93. The number of rotatable bonds is 3. The third kappa shape index (κ3) is 3.44. The minimum absolute atomic E-state index is 0.0186. The van der Waals surface area contributed by atoms with Crippen LogP contribution in [0.4, 0.5) is 10.6 Å². The Balaban J connectivity index is 1.68. The topological polar surface area (TPSA) is 68.5 Å². The van der Waals surface area contributed by atoms with E-state index in [0.29, 0.717) is 19.0 Å². The van der Waals surface area contributed by atoms with E-state index in [1.807, 2.05) is 43.3 Å². The van der Waals surface area contributed by atoms with E-state index in [1.165, 1.54) is 0 Å². The normalized spacial score (nSPS) is 17.3. The minimum Gasteiger partial charge on any atom is -0.445 e. The van der Waals surface area contributed by atoms with Crippen molar-refractivity contribution in [1.29, 1.82) is 0 Å². The smallest absolute Gasteiger partial charge is 0.410 e. The number of carbonyl (C=O) groups excluding carboxylic acids is 1. The molecule has 0 spiro atoms.